The van der Waals surface area contributed by atoms with Gasteiger partial charge < -0.3 is 5.32 Å². The molecule has 1 aliphatic carbocycles. The Morgan fingerprint density at radius 1 is 1.18 bits per heavy atom. The number of hydrogen-bond donors (Lipinski definition) is 1. The fourth-order valence-electron chi connectivity index (χ4n) is 3.35. The highest BCUT2D eigenvalue weighted by Gasteiger charge is 2.27. The lowest BCUT2D eigenvalue weighted by molar-refractivity contribution is -0.117. The maximum absolute atomic E-state index is 12.5. The highest BCUT2D eigenvalue weighted by molar-refractivity contribution is 5.89. The third-order valence-electron chi connectivity index (χ3n) is 5.13. The van der Waals surface area contributed by atoms with E-state index in [1.165, 1.54) is 12.8 Å². The van der Waals surface area contributed by atoms with Crippen LogP contribution in [0.25, 0.3) is 12.2 Å². The van der Waals surface area contributed by atoms with Crippen LogP contribution in [0.4, 0.5) is 5.82 Å². The molecule has 1 fully saturated rings. The van der Waals surface area contributed by atoms with Crippen LogP contribution < -0.4 is 5.32 Å². The maximum atomic E-state index is 12.5. The summed E-state index contributed by atoms with van der Waals surface area (Å²) >= 11 is 0. The van der Waals surface area contributed by atoms with E-state index in [9.17, 15) is 4.79 Å². The molecule has 1 N–H and O–H groups in total. The van der Waals surface area contributed by atoms with Gasteiger partial charge >= 0.3 is 0 Å². The summed E-state index contributed by atoms with van der Waals surface area (Å²) in [5, 5.41) is 12.0. The molecule has 0 radical (unpaired) electrons. The summed E-state index contributed by atoms with van der Waals surface area (Å²) in [6.45, 7) is 4.14. The molecule has 1 aromatic carbocycles. The summed E-state index contributed by atoms with van der Waals surface area (Å²) in [5.41, 5.74) is 5.14. The Hall–Kier alpha value is -3.15. The van der Waals surface area contributed by atoms with Crippen LogP contribution in [0.5, 0.6) is 0 Å². The van der Waals surface area contributed by atoms with Crippen LogP contribution >= 0.6 is 0 Å². The Morgan fingerprint density at radius 2 is 1.93 bits per heavy atom. The first-order valence-corrected chi connectivity index (χ1v) is 9.62. The van der Waals surface area contributed by atoms with Crippen LogP contribution in [0.1, 0.15) is 47.0 Å². The lowest BCUT2D eigenvalue weighted by Crippen LogP contribution is -2.21. The molecule has 28 heavy (non-hydrogen) atoms. The third kappa shape index (κ3) is 3.91. The van der Waals surface area contributed by atoms with Crippen LogP contribution in [0.2, 0.25) is 0 Å². The highest BCUT2D eigenvalue weighted by atomic mass is 16.2. The molecule has 0 saturated heterocycles. The molecule has 0 atom stereocenters. The minimum absolute atomic E-state index is 0.102. The molecule has 3 aromatic rings. The lowest BCUT2D eigenvalue weighted by Gasteiger charge is -2.07. The monoisotopic (exact) mass is 375 g/mol. The molecule has 1 amide bonds. The zero-order chi connectivity index (χ0) is 19.7. The molecule has 144 valence electrons. The average molecular weight is 375 g/mol. The van der Waals surface area contributed by atoms with E-state index in [0.717, 1.165) is 34.0 Å². The molecule has 6 nitrogen and oxygen atoms in total. The van der Waals surface area contributed by atoms with Crippen molar-refractivity contribution in [2.24, 2.45) is 7.05 Å². The first-order valence-electron chi connectivity index (χ1n) is 9.62. The molecule has 2 heterocycles. The Bertz CT molecular complexity index is 1020. The molecule has 2 aromatic heterocycles. The van der Waals surface area contributed by atoms with Gasteiger partial charge in [0.1, 0.15) is 12.4 Å². The van der Waals surface area contributed by atoms with Gasteiger partial charge in [-0.1, -0.05) is 42.5 Å². The van der Waals surface area contributed by atoms with E-state index in [1.54, 1.807) is 9.36 Å². The number of anilines is 1. The van der Waals surface area contributed by atoms with Crippen molar-refractivity contribution in [3.05, 3.63) is 64.6 Å². The predicted molar refractivity (Wildman–Crippen MR) is 111 cm³/mol. The molecule has 1 aliphatic rings. The first-order chi connectivity index (χ1) is 13.5. The number of benzene rings is 1. The Kier molecular flexibility index (Phi) is 4.86. The van der Waals surface area contributed by atoms with Gasteiger partial charge in [0.25, 0.3) is 0 Å². The highest BCUT2D eigenvalue weighted by Crippen LogP contribution is 2.39. The minimum Gasteiger partial charge on any atom is -0.309 e. The van der Waals surface area contributed by atoms with Gasteiger partial charge in [0.05, 0.1) is 11.4 Å². The van der Waals surface area contributed by atoms with Crippen LogP contribution in [-0.4, -0.2) is 25.5 Å². The second-order valence-electron chi connectivity index (χ2n) is 7.39. The number of carbonyl (C=O) groups excluding carboxylic acids is 1. The molecule has 0 spiro atoms. The van der Waals surface area contributed by atoms with Gasteiger partial charge in [-0.2, -0.15) is 10.2 Å². The fourth-order valence-corrected chi connectivity index (χ4v) is 3.35. The molecule has 0 aliphatic heterocycles. The molecular formula is C22H25N5O. The van der Waals surface area contributed by atoms with Crippen molar-refractivity contribution in [2.45, 2.75) is 39.2 Å². The lowest BCUT2D eigenvalue weighted by atomic mass is 10.1. The van der Waals surface area contributed by atoms with Crippen LogP contribution in [0.3, 0.4) is 0 Å². The van der Waals surface area contributed by atoms with Crippen molar-refractivity contribution >= 4 is 23.9 Å². The van der Waals surface area contributed by atoms with Crippen molar-refractivity contribution in [2.75, 3.05) is 5.32 Å². The zero-order valence-corrected chi connectivity index (χ0v) is 16.5. The largest absolute Gasteiger partial charge is 0.309 e. The van der Waals surface area contributed by atoms with E-state index >= 15 is 0 Å². The molecule has 0 unspecified atom stereocenters. The summed E-state index contributed by atoms with van der Waals surface area (Å²) in [7, 11) is 1.86. The zero-order valence-electron chi connectivity index (χ0n) is 16.5. The number of hydrogen-bond acceptors (Lipinski definition) is 3. The van der Waals surface area contributed by atoms with Gasteiger partial charge in [-0.3, -0.25) is 14.2 Å². The Morgan fingerprint density at radius 3 is 2.64 bits per heavy atom. The van der Waals surface area contributed by atoms with Crippen molar-refractivity contribution in [1.82, 2.24) is 19.6 Å². The number of amides is 1. The van der Waals surface area contributed by atoms with Crippen molar-refractivity contribution in [3.63, 3.8) is 0 Å². The summed E-state index contributed by atoms with van der Waals surface area (Å²) < 4.78 is 3.49. The van der Waals surface area contributed by atoms with Crippen molar-refractivity contribution < 1.29 is 4.79 Å². The van der Waals surface area contributed by atoms with E-state index in [1.807, 2.05) is 45.2 Å². The minimum atomic E-state index is -0.102. The quantitative estimate of drug-likeness (QED) is 0.710. The van der Waals surface area contributed by atoms with Crippen molar-refractivity contribution in [1.29, 1.82) is 0 Å². The van der Waals surface area contributed by atoms with E-state index in [2.05, 4.69) is 39.8 Å². The van der Waals surface area contributed by atoms with E-state index in [4.69, 9.17) is 0 Å². The number of aromatic nitrogens is 4. The Labute approximate surface area is 164 Å². The second kappa shape index (κ2) is 7.46. The maximum Gasteiger partial charge on any atom is 0.247 e. The number of carbonyl (C=O) groups is 1. The molecule has 6 heteroatoms. The van der Waals surface area contributed by atoms with E-state index < -0.39 is 0 Å². The van der Waals surface area contributed by atoms with Gasteiger partial charge in [-0.15, -0.1) is 0 Å². The van der Waals surface area contributed by atoms with E-state index in [0.29, 0.717) is 5.92 Å². The third-order valence-corrected chi connectivity index (χ3v) is 5.13. The molecule has 0 bridgehead atoms. The standard InChI is InChI=1S/C22H25N5O/c1-15-19(12-9-17-7-5-4-6-8-17)16(2)27(24-15)14-22(28)23-21-13-20(18-10-11-18)25-26(21)3/h4-9,12-13,18H,10-11,14H2,1-3H3,(H,23,28)/b12-9+. The average Bonchev–Trinajstić information content (AvgIpc) is 3.41. The van der Waals surface area contributed by atoms with Crippen molar-refractivity contribution in [3.8, 4) is 0 Å². The summed E-state index contributed by atoms with van der Waals surface area (Å²) in [6, 6.07) is 12.1. The summed E-state index contributed by atoms with van der Waals surface area (Å²) in [4.78, 5) is 12.5. The summed E-state index contributed by atoms with van der Waals surface area (Å²) in [5.74, 6) is 1.19. The van der Waals surface area contributed by atoms with Gasteiger partial charge in [0, 0.05) is 30.3 Å². The number of nitrogens with zero attached hydrogens (tertiary/aromatic N) is 4. The normalized spacial score (nSPS) is 14.0. The molecule has 1 saturated carbocycles. The summed E-state index contributed by atoms with van der Waals surface area (Å²) in [6.07, 6.45) is 6.51. The second-order valence-corrected chi connectivity index (χ2v) is 7.39. The smallest absolute Gasteiger partial charge is 0.247 e. The van der Waals surface area contributed by atoms with Crippen LogP contribution in [0, 0.1) is 13.8 Å². The number of nitrogens with one attached hydrogen (secondary N) is 1. The van der Waals surface area contributed by atoms with Gasteiger partial charge in [0.2, 0.25) is 5.91 Å². The van der Waals surface area contributed by atoms with Crippen LogP contribution in [0.15, 0.2) is 36.4 Å². The number of rotatable bonds is 6. The molecular weight excluding hydrogens is 350 g/mol. The van der Waals surface area contributed by atoms with E-state index in [-0.39, 0.29) is 12.5 Å². The number of aryl methyl sites for hydroxylation is 2. The Balaban J connectivity index is 1.46. The van der Waals surface area contributed by atoms with Gasteiger partial charge in [-0.05, 0) is 32.3 Å². The van der Waals surface area contributed by atoms with Gasteiger partial charge in [0.15, 0.2) is 0 Å². The fraction of sp³-hybridized carbons (Fsp3) is 0.318. The molecule has 4 rings (SSSR count). The predicted octanol–water partition coefficient (Wildman–Crippen LogP) is 3.92. The van der Waals surface area contributed by atoms with Gasteiger partial charge in [-0.25, -0.2) is 0 Å². The first kappa shape index (κ1) is 18.2. The topological polar surface area (TPSA) is 64.7 Å². The van der Waals surface area contributed by atoms with Crippen LogP contribution in [-0.2, 0) is 18.4 Å². The SMILES string of the molecule is Cc1nn(CC(=O)Nc2cc(C3CC3)nn2C)c(C)c1/C=C/c1ccccc1.